The molecule has 1 aliphatic rings. The third-order valence-electron chi connectivity index (χ3n) is 3.46. The molecule has 0 bridgehead atoms. The molecule has 1 fully saturated rings. The summed E-state index contributed by atoms with van der Waals surface area (Å²) in [6, 6.07) is 0.631. The van der Waals surface area contributed by atoms with E-state index < -0.39 is 0 Å². The number of nitrogens with two attached hydrogens (primary N) is 1. The van der Waals surface area contributed by atoms with Crippen LogP contribution in [0.5, 0.6) is 0 Å². The average Bonchev–Trinajstić information content (AvgIpc) is 3.06. The molecule has 0 aromatic heterocycles. The first-order valence-electron chi connectivity index (χ1n) is 6.08. The summed E-state index contributed by atoms with van der Waals surface area (Å²) in [6.45, 7) is 7.11. The molecule has 94 valence electrons. The fraction of sp³-hybridized carbons (Fsp3) is 0.917. The van der Waals surface area contributed by atoms with Crippen LogP contribution >= 0.6 is 12.2 Å². The molecule has 0 aromatic carbocycles. The van der Waals surface area contributed by atoms with Crippen molar-refractivity contribution in [3.63, 3.8) is 0 Å². The molecule has 0 saturated heterocycles. The maximum atomic E-state index is 5.68. The number of methoxy groups -OCH3 is 1. The van der Waals surface area contributed by atoms with Crippen LogP contribution < -0.4 is 5.73 Å². The Kier molecular flexibility index (Phi) is 5.66. The Morgan fingerprint density at radius 2 is 2.12 bits per heavy atom. The second kappa shape index (κ2) is 6.52. The van der Waals surface area contributed by atoms with E-state index in [1.807, 2.05) is 0 Å². The van der Waals surface area contributed by atoms with Crippen molar-refractivity contribution >= 4 is 17.2 Å². The van der Waals surface area contributed by atoms with Gasteiger partial charge in [-0.2, -0.15) is 0 Å². The van der Waals surface area contributed by atoms with Crippen molar-refractivity contribution in [2.45, 2.75) is 32.7 Å². The minimum atomic E-state index is 0.285. The number of ether oxygens (including phenoxy) is 1. The van der Waals surface area contributed by atoms with Gasteiger partial charge in [-0.15, -0.1) is 0 Å². The number of hydrogen-bond acceptors (Lipinski definition) is 3. The van der Waals surface area contributed by atoms with Crippen molar-refractivity contribution in [3.8, 4) is 0 Å². The molecule has 1 saturated carbocycles. The molecular weight excluding hydrogens is 220 g/mol. The molecule has 0 aromatic rings. The number of thiocarbonyl (C=S) groups is 1. The fourth-order valence-corrected chi connectivity index (χ4v) is 2.06. The molecule has 1 rings (SSSR count). The Morgan fingerprint density at radius 1 is 1.50 bits per heavy atom. The van der Waals surface area contributed by atoms with Gasteiger partial charge in [-0.1, -0.05) is 19.1 Å². The van der Waals surface area contributed by atoms with Crippen LogP contribution in [0.1, 0.15) is 26.7 Å². The summed E-state index contributed by atoms with van der Waals surface area (Å²) in [4.78, 5) is 3.08. The van der Waals surface area contributed by atoms with Gasteiger partial charge in [-0.3, -0.25) is 4.90 Å². The smallest absolute Gasteiger partial charge is 0.0768 e. The molecule has 0 amide bonds. The van der Waals surface area contributed by atoms with Gasteiger partial charge in [0, 0.05) is 32.2 Å². The first-order chi connectivity index (χ1) is 7.56. The summed E-state index contributed by atoms with van der Waals surface area (Å²) < 4.78 is 5.16. The minimum Gasteiger partial charge on any atom is -0.393 e. The standard InChI is InChI=1S/C12H24N2OS/c1-9(12(13)16)8-14(6-7-15-3)10(2)11-4-5-11/h9-11H,4-8H2,1-3H3,(H2,13,16). The van der Waals surface area contributed by atoms with Gasteiger partial charge in [-0.25, -0.2) is 0 Å². The Bertz CT molecular complexity index is 231. The van der Waals surface area contributed by atoms with Gasteiger partial charge >= 0.3 is 0 Å². The highest BCUT2D eigenvalue weighted by Gasteiger charge is 2.32. The third kappa shape index (κ3) is 4.36. The van der Waals surface area contributed by atoms with Crippen molar-refractivity contribution in [1.82, 2.24) is 4.90 Å². The van der Waals surface area contributed by atoms with Crippen LogP contribution in [0.2, 0.25) is 0 Å². The Morgan fingerprint density at radius 3 is 2.56 bits per heavy atom. The van der Waals surface area contributed by atoms with Gasteiger partial charge in [0.25, 0.3) is 0 Å². The van der Waals surface area contributed by atoms with E-state index in [4.69, 9.17) is 22.7 Å². The molecule has 2 unspecified atom stereocenters. The topological polar surface area (TPSA) is 38.5 Å². The Hall–Kier alpha value is -0.190. The lowest BCUT2D eigenvalue weighted by Gasteiger charge is -2.31. The first kappa shape index (κ1) is 13.9. The van der Waals surface area contributed by atoms with Gasteiger partial charge in [0.1, 0.15) is 0 Å². The zero-order chi connectivity index (χ0) is 12.1. The third-order valence-corrected chi connectivity index (χ3v) is 3.86. The number of rotatable bonds is 8. The Balaban J connectivity index is 2.44. The molecule has 1 aliphatic carbocycles. The van der Waals surface area contributed by atoms with E-state index in [9.17, 15) is 0 Å². The normalized spacial score (nSPS) is 19.8. The highest BCUT2D eigenvalue weighted by Crippen LogP contribution is 2.35. The van der Waals surface area contributed by atoms with Crippen LogP contribution in [0.3, 0.4) is 0 Å². The summed E-state index contributed by atoms with van der Waals surface area (Å²) >= 11 is 5.04. The van der Waals surface area contributed by atoms with Gasteiger partial charge < -0.3 is 10.5 Å². The summed E-state index contributed by atoms with van der Waals surface area (Å²) in [7, 11) is 1.75. The lowest BCUT2D eigenvalue weighted by Crippen LogP contribution is -2.42. The van der Waals surface area contributed by atoms with E-state index in [1.165, 1.54) is 12.8 Å². The summed E-state index contributed by atoms with van der Waals surface area (Å²) in [5, 5.41) is 0. The maximum Gasteiger partial charge on any atom is 0.0768 e. The minimum absolute atomic E-state index is 0.285. The van der Waals surface area contributed by atoms with Gasteiger partial charge in [0.15, 0.2) is 0 Å². The van der Waals surface area contributed by atoms with Crippen molar-refractivity contribution < 1.29 is 4.74 Å². The molecule has 16 heavy (non-hydrogen) atoms. The van der Waals surface area contributed by atoms with E-state index in [-0.39, 0.29) is 5.92 Å². The predicted octanol–water partition coefficient (Wildman–Crippen LogP) is 1.66. The van der Waals surface area contributed by atoms with E-state index in [0.717, 1.165) is 25.6 Å². The highest BCUT2D eigenvalue weighted by molar-refractivity contribution is 7.80. The van der Waals surface area contributed by atoms with Crippen molar-refractivity contribution in [2.24, 2.45) is 17.6 Å². The zero-order valence-corrected chi connectivity index (χ0v) is 11.4. The zero-order valence-electron chi connectivity index (χ0n) is 10.6. The average molecular weight is 244 g/mol. The summed E-state index contributed by atoms with van der Waals surface area (Å²) in [6.07, 6.45) is 2.73. The molecule has 2 atom stereocenters. The van der Waals surface area contributed by atoms with E-state index in [2.05, 4.69) is 18.7 Å². The van der Waals surface area contributed by atoms with Crippen LogP contribution in [-0.2, 0) is 4.74 Å². The second-order valence-electron chi connectivity index (χ2n) is 4.87. The van der Waals surface area contributed by atoms with Crippen LogP contribution in [0.25, 0.3) is 0 Å². The van der Waals surface area contributed by atoms with Crippen LogP contribution in [-0.4, -0.2) is 42.7 Å². The second-order valence-corrected chi connectivity index (χ2v) is 5.34. The predicted molar refractivity (Wildman–Crippen MR) is 71.6 cm³/mol. The molecule has 4 heteroatoms. The maximum absolute atomic E-state index is 5.68. The molecule has 3 nitrogen and oxygen atoms in total. The highest BCUT2D eigenvalue weighted by atomic mass is 32.1. The lowest BCUT2D eigenvalue weighted by molar-refractivity contribution is 0.112. The van der Waals surface area contributed by atoms with E-state index >= 15 is 0 Å². The molecule has 2 N–H and O–H groups in total. The van der Waals surface area contributed by atoms with E-state index in [1.54, 1.807) is 7.11 Å². The lowest BCUT2D eigenvalue weighted by atomic mass is 10.1. The SMILES string of the molecule is COCCN(CC(C)C(N)=S)C(C)C1CC1. The summed E-state index contributed by atoms with van der Waals surface area (Å²) in [5.74, 6) is 1.16. The van der Waals surface area contributed by atoms with Gasteiger partial charge in [-0.05, 0) is 25.7 Å². The molecule has 0 radical (unpaired) electrons. The number of nitrogens with zero attached hydrogens (tertiary/aromatic N) is 1. The van der Waals surface area contributed by atoms with Crippen molar-refractivity contribution in [2.75, 3.05) is 26.8 Å². The van der Waals surface area contributed by atoms with E-state index in [0.29, 0.717) is 11.0 Å². The molecular formula is C12H24N2OS. The molecule has 0 spiro atoms. The van der Waals surface area contributed by atoms with Crippen LogP contribution in [0, 0.1) is 11.8 Å². The van der Waals surface area contributed by atoms with Gasteiger partial charge in [0.05, 0.1) is 11.6 Å². The quantitative estimate of drug-likeness (QED) is 0.659. The van der Waals surface area contributed by atoms with Crippen molar-refractivity contribution in [1.29, 1.82) is 0 Å². The monoisotopic (exact) mass is 244 g/mol. The fourth-order valence-electron chi connectivity index (χ4n) is 1.99. The van der Waals surface area contributed by atoms with Crippen LogP contribution in [0.15, 0.2) is 0 Å². The molecule has 0 aliphatic heterocycles. The van der Waals surface area contributed by atoms with Crippen LogP contribution in [0.4, 0.5) is 0 Å². The first-order valence-corrected chi connectivity index (χ1v) is 6.49. The summed E-state index contributed by atoms with van der Waals surface area (Å²) in [5.41, 5.74) is 5.68. The largest absolute Gasteiger partial charge is 0.393 e. The Labute approximate surface area is 104 Å². The number of hydrogen-bond donors (Lipinski definition) is 1. The van der Waals surface area contributed by atoms with Gasteiger partial charge in [0.2, 0.25) is 0 Å². The van der Waals surface area contributed by atoms with Crippen molar-refractivity contribution in [3.05, 3.63) is 0 Å². The molecule has 0 heterocycles.